The molecule has 0 unspecified atom stereocenters. The molecule has 1 N–H and O–H groups in total. The second kappa shape index (κ2) is 9.30. The van der Waals surface area contributed by atoms with Gasteiger partial charge in [-0.05, 0) is 42.5 Å². The topological polar surface area (TPSA) is 109 Å². The second-order valence-electron chi connectivity index (χ2n) is 8.24. The van der Waals surface area contributed by atoms with Crippen molar-refractivity contribution in [1.29, 1.82) is 0 Å². The lowest BCUT2D eigenvalue weighted by Crippen LogP contribution is -2.48. The van der Waals surface area contributed by atoms with Gasteiger partial charge in [0.05, 0.1) is 4.92 Å². The number of nitro groups is 1. The van der Waals surface area contributed by atoms with Crippen LogP contribution in [0, 0.1) is 10.1 Å². The lowest BCUT2D eigenvalue weighted by atomic mass is 10.1. The van der Waals surface area contributed by atoms with E-state index < -0.39 is 10.8 Å². The number of nitrogens with zero attached hydrogens (tertiary/aromatic N) is 3. The van der Waals surface area contributed by atoms with Gasteiger partial charge in [0.1, 0.15) is 5.58 Å². The van der Waals surface area contributed by atoms with Gasteiger partial charge >= 0.3 is 0 Å². The van der Waals surface area contributed by atoms with Gasteiger partial charge in [0.2, 0.25) is 0 Å². The average Bonchev–Trinajstić information content (AvgIpc) is 3.33. The van der Waals surface area contributed by atoms with E-state index >= 15 is 0 Å². The van der Waals surface area contributed by atoms with E-state index in [2.05, 4.69) is 10.2 Å². The maximum absolute atomic E-state index is 12.9. The number of hydrogen-bond donors (Lipinski definition) is 1. The minimum atomic E-state index is -0.532. The molecule has 35 heavy (non-hydrogen) atoms. The number of rotatable bonds is 5. The molecule has 0 atom stereocenters. The van der Waals surface area contributed by atoms with Gasteiger partial charge in [-0.3, -0.25) is 19.7 Å². The van der Waals surface area contributed by atoms with E-state index in [-0.39, 0.29) is 17.2 Å². The number of non-ortho nitro benzene ring substituents is 1. The normalized spacial score (nSPS) is 13.6. The fourth-order valence-corrected chi connectivity index (χ4v) is 4.13. The van der Waals surface area contributed by atoms with Crippen molar-refractivity contribution in [1.82, 2.24) is 4.90 Å². The predicted octanol–water partition coefficient (Wildman–Crippen LogP) is 4.56. The molecule has 9 heteroatoms. The molecule has 0 spiro atoms. The van der Waals surface area contributed by atoms with E-state index in [1.54, 1.807) is 23.1 Å². The molecule has 5 rings (SSSR count). The quantitative estimate of drug-likeness (QED) is 0.338. The molecule has 9 nitrogen and oxygen atoms in total. The number of hydrogen-bond acceptors (Lipinski definition) is 6. The Morgan fingerprint density at radius 1 is 0.886 bits per heavy atom. The van der Waals surface area contributed by atoms with Crippen molar-refractivity contribution >= 4 is 39.8 Å². The van der Waals surface area contributed by atoms with Crippen LogP contribution in [-0.2, 0) is 0 Å². The van der Waals surface area contributed by atoms with E-state index in [9.17, 15) is 19.7 Å². The van der Waals surface area contributed by atoms with Crippen LogP contribution in [0.15, 0.2) is 83.3 Å². The Morgan fingerprint density at radius 3 is 2.34 bits per heavy atom. The number of carbonyl (C=O) groups is 2. The van der Waals surface area contributed by atoms with Gasteiger partial charge in [0.15, 0.2) is 5.76 Å². The Balaban J connectivity index is 1.18. The molecule has 1 fully saturated rings. The van der Waals surface area contributed by atoms with Crippen molar-refractivity contribution in [3.8, 4) is 0 Å². The van der Waals surface area contributed by atoms with Crippen LogP contribution in [0.3, 0.4) is 0 Å². The van der Waals surface area contributed by atoms with Crippen LogP contribution >= 0.6 is 0 Å². The molecule has 0 bridgehead atoms. The highest BCUT2D eigenvalue weighted by Gasteiger charge is 2.24. The van der Waals surface area contributed by atoms with Gasteiger partial charge in [0, 0.05) is 60.6 Å². The van der Waals surface area contributed by atoms with E-state index in [1.807, 2.05) is 36.4 Å². The first-order valence-corrected chi connectivity index (χ1v) is 11.2. The van der Waals surface area contributed by atoms with Gasteiger partial charge in [-0.1, -0.05) is 24.3 Å². The minimum absolute atomic E-state index is 0.111. The molecule has 0 radical (unpaired) electrons. The van der Waals surface area contributed by atoms with Gasteiger partial charge in [-0.15, -0.1) is 0 Å². The molecule has 0 aliphatic carbocycles. The highest BCUT2D eigenvalue weighted by atomic mass is 16.6. The van der Waals surface area contributed by atoms with Crippen molar-refractivity contribution in [3.05, 3.63) is 100 Å². The Kier molecular flexibility index (Phi) is 5.88. The lowest BCUT2D eigenvalue weighted by Gasteiger charge is -2.35. The molecule has 1 aliphatic heterocycles. The standard InChI is InChI=1S/C26H22N4O5/c31-25(19-5-3-6-22(16-19)30(33)34)27-20-8-10-21(11-9-20)28-12-14-29(15-13-28)26(32)24-17-18-4-1-2-7-23(18)35-24/h1-11,16-17H,12-15H2,(H,27,31). The maximum Gasteiger partial charge on any atom is 0.289 e. The highest BCUT2D eigenvalue weighted by Crippen LogP contribution is 2.23. The van der Waals surface area contributed by atoms with Gasteiger partial charge < -0.3 is 19.5 Å². The number of piperazine rings is 1. The molecule has 0 saturated carbocycles. The number of amides is 2. The summed E-state index contributed by atoms with van der Waals surface area (Å²) < 4.78 is 5.72. The zero-order valence-electron chi connectivity index (χ0n) is 18.7. The lowest BCUT2D eigenvalue weighted by molar-refractivity contribution is -0.384. The highest BCUT2D eigenvalue weighted by molar-refractivity contribution is 6.04. The predicted molar refractivity (Wildman–Crippen MR) is 132 cm³/mol. The first kappa shape index (κ1) is 22.1. The summed E-state index contributed by atoms with van der Waals surface area (Å²) in [7, 11) is 0. The molecule has 1 aliphatic rings. The monoisotopic (exact) mass is 470 g/mol. The molecule has 176 valence electrons. The number of anilines is 2. The Bertz CT molecular complexity index is 1370. The van der Waals surface area contributed by atoms with Crippen LogP contribution in [0.4, 0.5) is 17.1 Å². The zero-order valence-corrected chi connectivity index (χ0v) is 18.7. The fourth-order valence-electron chi connectivity index (χ4n) is 4.13. The third kappa shape index (κ3) is 4.70. The number of para-hydroxylation sites is 1. The molecular weight excluding hydrogens is 448 g/mol. The molecular formula is C26H22N4O5. The number of carbonyl (C=O) groups excluding carboxylic acids is 2. The second-order valence-corrected chi connectivity index (χ2v) is 8.24. The summed E-state index contributed by atoms with van der Waals surface area (Å²) in [6.45, 7) is 2.49. The fraction of sp³-hybridized carbons (Fsp3) is 0.154. The molecule has 2 amide bonds. The molecule has 4 aromatic rings. The third-order valence-corrected chi connectivity index (χ3v) is 6.01. The number of furan rings is 1. The molecule has 1 saturated heterocycles. The number of benzene rings is 3. The van der Waals surface area contributed by atoms with Crippen LogP contribution in [0.25, 0.3) is 11.0 Å². The van der Waals surface area contributed by atoms with Gasteiger partial charge in [-0.2, -0.15) is 0 Å². The first-order valence-electron chi connectivity index (χ1n) is 11.2. The summed E-state index contributed by atoms with van der Waals surface area (Å²) in [6, 6.07) is 22.3. The zero-order chi connectivity index (χ0) is 24.4. The number of nitrogens with one attached hydrogen (secondary N) is 1. The van der Waals surface area contributed by atoms with E-state index in [0.717, 1.165) is 11.1 Å². The summed E-state index contributed by atoms with van der Waals surface area (Å²) in [4.78, 5) is 39.7. The Morgan fingerprint density at radius 2 is 1.63 bits per heavy atom. The largest absolute Gasteiger partial charge is 0.451 e. The van der Waals surface area contributed by atoms with Crippen LogP contribution < -0.4 is 10.2 Å². The summed E-state index contributed by atoms with van der Waals surface area (Å²) in [5.74, 6) is -0.178. The summed E-state index contributed by atoms with van der Waals surface area (Å²) in [6.07, 6.45) is 0. The first-order chi connectivity index (χ1) is 17.0. The number of fused-ring (bicyclic) bond motifs is 1. The Labute approximate surface area is 200 Å². The SMILES string of the molecule is O=C(Nc1ccc(N2CCN(C(=O)c3cc4ccccc4o3)CC2)cc1)c1cccc([N+](=O)[O-])c1. The van der Waals surface area contributed by atoms with Gasteiger partial charge in [-0.25, -0.2) is 0 Å². The maximum atomic E-state index is 12.9. The number of nitro benzene ring substituents is 1. The summed E-state index contributed by atoms with van der Waals surface area (Å²) in [5.41, 5.74) is 2.35. The van der Waals surface area contributed by atoms with Gasteiger partial charge in [0.25, 0.3) is 17.5 Å². The van der Waals surface area contributed by atoms with Crippen molar-refractivity contribution in [2.24, 2.45) is 0 Å². The van der Waals surface area contributed by atoms with E-state index in [0.29, 0.717) is 43.2 Å². The summed E-state index contributed by atoms with van der Waals surface area (Å²) in [5, 5.41) is 14.6. The molecule has 2 heterocycles. The smallest absolute Gasteiger partial charge is 0.289 e. The minimum Gasteiger partial charge on any atom is -0.451 e. The van der Waals surface area contributed by atoms with Crippen molar-refractivity contribution < 1.29 is 18.9 Å². The van der Waals surface area contributed by atoms with Crippen molar-refractivity contribution in [3.63, 3.8) is 0 Å². The van der Waals surface area contributed by atoms with Crippen molar-refractivity contribution in [2.45, 2.75) is 0 Å². The third-order valence-electron chi connectivity index (χ3n) is 6.01. The van der Waals surface area contributed by atoms with Crippen LogP contribution in [0.1, 0.15) is 20.9 Å². The average molecular weight is 470 g/mol. The Hall–Kier alpha value is -4.66. The van der Waals surface area contributed by atoms with Crippen molar-refractivity contribution in [2.75, 3.05) is 36.4 Å². The van der Waals surface area contributed by atoms with Crippen LogP contribution in [0.5, 0.6) is 0 Å². The molecule has 3 aromatic carbocycles. The van der Waals surface area contributed by atoms with E-state index in [1.165, 1.54) is 24.3 Å². The van der Waals surface area contributed by atoms with E-state index in [4.69, 9.17) is 4.42 Å². The van der Waals surface area contributed by atoms with Crippen LogP contribution in [-0.4, -0.2) is 47.8 Å². The molecule has 1 aromatic heterocycles. The van der Waals surface area contributed by atoms with Crippen LogP contribution in [0.2, 0.25) is 0 Å². The summed E-state index contributed by atoms with van der Waals surface area (Å²) >= 11 is 0.